The number of thiophene rings is 1. The molecule has 0 radical (unpaired) electrons. The molecule has 0 spiro atoms. The van der Waals surface area contributed by atoms with Crippen molar-refractivity contribution in [2.24, 2.45) is 0 Å². The molecule has 2 heteroatoms. The summed E-state index contributed by atoms with van der Waals surface area (Å²) in [6, 6.07) is 4.38. The summed E-state index contributed by atoms with van der Waals surface area (Å²) < 4.78 is 0. The maximum Gasteiger partial charge on any atom is 0.0576 e. The molecule has 14 heavy (non-hydrogen) atoms. The van der Waals surface area contributed by atoms with Gasteiger partial charge >= 0.3 is 0 Å². The zero-order valence-electron chi connectivity index (χ0n) is 9.05. The molecule has 1 aromatic rings. The lowest BCUT2D eigenvalue weighted by atomic mass is 9.95. The van der Waals surface area contributed by atoms with Gasteiger partial charge in [0.25, 0.3) is 0 Å². The van der Waals surface area contributed by atoms with Gasteiger partial charge in [-0.1, -0.05) is 26.7 Å². The van der Waals surface area contributed by atoms with Gasteiger partial charge in [0.2, 0.25) is 0 Å². The van der Waals surface area contributed by atoms with Gasteiger partial charge < -0.3 is 5.32 Å². The van der Waals surface area contributed by atoms with E-state index < -0.39 is 0 Å². The lowest BCUT2D eigenvalue weighted by Crippen LogP contribution is -2.12. The van der Waals surface area contributed by atoms with Crippen LogP contribution in [0.15, 0.2) is 12.1 Å². The van der Waals surface area contributed by atoms with E-state index in [1.54, 1.807) is 0 Å². The fourth-order valence-corrected chi connectivity index (χ4v) is 2.17. The van der Waals surface area contributed by atoms with Crippen molar-refractivity contribution in [3.05, 3.63) is 21.9 Å². The normalized spacial score (nSPS) is 11.3. The molecule has 0 atom stereocenters. The maximum atomic E-state index is 5.16. The average molecular weight is 207 g/mol. The smallest absolute Gasteiger partial charge is 0.0576 e. The van der Waals surface area contributed by atoms with Crippen LogP contribution in [0, 0.1) is 12.3 Å². The molecule has 0 saturated heterocycles. The van der Waals surface area contributed by atoms with Crippen LogP contribution in [0.25, 0.3) is 0 Å². The van der Waals surface area contributed by atoms with E-state index in [0.717, 1.165) is 6.54 Å². The Bertz CT molecular complexity index is 325. The summed E-state index contributed by atoms with van der Waals surface area (Å²) in [4.78, 5) is 2.78. The van der Waals surface area contributed by atoms with Crippen LogP contribution in [0.5, 0.6) is 0 Å². The van der Waals surface area contributed by atoms with E-state index in [1.165, 1.54) is 9.75 Å². The summed E-state index contributed by atoms with van der Waals surface area (Å²) in [5.74, 6) is 2.57. The van der Waals surface area contributed by atoms with Gasteiger partial charge in [-0.05, 0) is 17.5 Å². The van der Waals surface area contributed by atoms with Crippen molar-refractivity contribution in [1.82, 2.24) is 5.32 Å². The molecule has 0 aromatic carbocycles. The van der Waals surface area contributed by atoms with E-state index in [9.17, 15) is 0 Å². The highest BCUT2D eigenvalue weighted by Crippen LogP contribution is 2.29. The van der Waals surface area contributed by atoms with Gasteiger partial charge in [0.15, 0.2) is 0 Å². The van der Waals surface area contributed by atoms with Crippen LogP contribution in [-0.4, -0.2) is 6.54 Å². The number of rotatable bonds is 3. The number of hydrogen-bond acceptors (Lipinski definition) is 2. The van der Waals surface area contributed by atoms with Crippen molar-refractivity contribution in [2.45, 2.75) is 32.7 Å². The minimum Gasteiger partial charge on any atom is -0.301 e. The highest BCUT2D eigenvalue weighted by atomic mass is 32.1. The van der Waals surface area contributed by atoms with E-state index in [1.807, 2.05) is 11.3 Å². The van der Waals surface area contributed by atoms with Crippen LogP contribution in [0.2, 0.25) is 0 Å². The second-order valence-electron chi connectivity index (χ2n) is 4.32. The molecule has 0 amide bonds. The van der Waals surface area contributed by atoms with E-state index in [0.29, 0.717) is 6.54 Å². The van der Waals surface area contributed by atoms with Crippen LogP contribution >= 0.6 is 11.3 Å². The molecule has 0 unspecified atom stereocenters. The minimum absolute atomic E-state index is 0.259. The quantitative estimate of drug-likeness (QED) is 0.593. The summed E-state index contributed by atoms with van der Waals surface area (Å²) in [5, 5.41) is 3.19. The average Bonchev–Trinajstić information content (AvgIpc) is 2.52. The van der Waals surface area contributed by atoms with Crippen molar-refractivity contribution in [1.29, 1.82) is 0 Å². The topological polar surface area (TPSA) is 12.0 Å². The molecular weight excluding hydrogens is 190 g/mol. The monoisotopic (exact) mass is 207 g/mol. The zero-order chi connectivity index (χ0) is 10.6. The second-order valence-corrected chi connectivity index (χ2v) is 5.49. The molecule has 76 valence electrons. The SMILES string of the molecule is C#CCNCc1ccc(C(C)(C)C)s1. The van der Waals surface area contributed by atoms with Crippen LogP contribution < -0.4 is 5.32 Å². The summed E-state index contributed by atoms with van der Waals surface area (Å²) in [6.45, 7) is 8.22. The first-order chi connectivity index (χ1) is 6.54. The largest absolute Gasteiger partial charge is 0.301 e. The van der Waals surface area contributed by atoms with Gasteiger partial charge in [0, 0.05) is 16.3 Å². The molecule has 1 N–H and O–H groups in total. The van der Waals surface area contributed by atoms with Gasteiger partial charge in [-0.15, -0.1) is 17.8 Å². The Morgan fingerprint density at radius 1 is 1.43 bits per heavy atom. The van der Waals surface area contributed by atoms with Crippen LogP contribution in [-0.2, 0) is 12.0 Å². The van der Waals surface area contributed by atoms with Crippen molar-refractivity contribution < 1.29 is 0 Å². The van der Waals surface area contributed by atoms with Gasteiger partial charge in [0.05, 0.1) is 6.54 Å². The van der Waals surface area contributed by atoms with Crippen molar-refractivity contribution in [3.8, 4) is 12.3 Å². The summed E-state index contributed by atoms with van der Waals surface area (Å²) in [7, 11) is 0. The summed E-state index contributed by atoms with van der Waals surface area (Å²) >= 11 is 1.86. The molecule has 0 aliphatic rings. The van der Waals surface area contributed by atoms with Gasteiger partial charge in [-0.25, -0.2) is 0 Å². The molecule has 1 aromatic heterocycles. The standard InChI is InChI=1S/C12H17NS/c1-5-8-13-9-10-6-7-11(14-10)12(2,3)4/h1,6-7,13H,8-9H2,2-4H3. The molecule has 0 bridgehead atoms. The third kappa shape index (κ3) is 3.17. The lowest BCUT2D eigenvalue weighted by molar-refractivity contribution is 0.604. The first-order valence-electron chi connectivity index (χ1n) is 4.77. The molecule has 1 rings (SSSR count). The first-order valence-corrected chi connectivity index (χ1v) is 5.59. The third-order valence-electron chi connectivity index (χ3n) is 1.93. The van der Waals surface area contributed by atoms with E-state index in [4.69, 9.17) is 6.42 Å². The van der Waals surface area contributed by atoms with Crippen LogP contribution in [0.4, 0.5) is 0 Å². The van der Waals surface area contributed by atoms with E-state index >= 15 is 0 Å². The molecule has 1 nitrogen and oxygen atoms in total. The Morgan fingerprint density at radius 2 is 2.14 bits per heavy atom. The Labute approximate surface area is 90.5 Å². The fourth-order valence-electron chi connectivity index (χ4n) is 1.13. The molecule has 1 heterocycles. The van der Waals surface area contributed by atoms with Crippen LogP contribution in [0.3, 0.4) is 0 Å². The van der Waals surface area contributed by atoms with Crippen molar-refractivity contribution in [2.75, 3.05) is 6.54 Å². The third-order valence-corrected chi connectivity index (χ3v) is 3.44. The minimum atomic E-state index is 0.259. The van der Waals surface area contributed by atoms with Gasteiger partial charge in [-0.2, -0.15) is 0 Å². The lowest BCUT2D eigenvalue weighted by Gasteiger charge is -2.15. The van der Waals surface area contributed by atoms with E-state index in [2.05, 4.69) is 44.1 Å². The molecule has 0 aliphatic heterocycles. The predicted molar refractivity (Wildman–Crippen MR) is 63.6 cm³/mol. The molecule has 0 aliphatic carbocycles. The zero-order valence-corrected chi connectivity index (χ0v) is 9.87. The molecular formula is C12H17NS. The summed E-state index contributed by atoms with van der Waals surface area (Å²) in [5.41, 5.74) is 0.259. The fraction of sp³-hybridized carbons (Fsp3) is 0.500. The summed E-state index contributed by atoms with van der Waals surface area (Å²) in [6.07, 6.45) is 5.16. The second kappa shape index (κ2) is 4.63. The Kier molecular flexibility index (Phi) is 3.74. The highest BCUT2D eigenvalue weighted by molar-refractivity contribution is 7.12. The number of nitrogens with one attached hydrogen (secondary N) is 1. The Hall–Kier alpha value is -0.780. The molecule has 0 fully saturated rings. The van der Waals surface area contributed by atoms with Crippen molar-refractivity contribution >= 4 is 11.3 Å². The van der Waals surface area contributed by atoms with E-state index in [-0.39, 0.29) is 5.41 Å². The van der Waals surface area contributed by atoms with Gasteiger partial charge in [-0.3, -0.25) is 0 Å². The van der Waals surface area contributed by atoms with Crippen LogP contribution in [0.1, 0.15) is 30.5 Å². The maximum absolute atomic E-state index is 5.16. The Morgan fingerprint density at radius 3 is 2.64 bits per heavy atom. The highest BCUT2D eigenvalue weighted by Gasteiger charge is 2.15. The Balaban J connectivity index is 2.57. The predicted octanol–water partition coefficient (Wildman–Crippen LogP) is 2.77. The number of hydrogen-bond donors (Lipinski definition) is 1. The number of terminal acetylenes is 1. The molecule has 0 saturated carbocycles. The van der Waals surface area contributed by atoms with Gasteiger partial charge in [0.1, 0.15) is 0 Å². The van der Waals surface area contributed by atoms with Crippen molar-refractivity contribution in [3.63, 3.8) is 0 Å². The first kappa shape index (κ1) is 11.3.